The van der Waals surface area contributed by atoms with E-state index in [2.05, 4.69) is 20.8 Å². The number of carbonyl (C=O) groups excluding carboxylic acids is 3. The number of esters is 1. The second-order valence-electron chi connectivity index (χ2n) is 7.26. The van der Waals surface area contributed by atoms with Crippen LogP contribution in [0.3, 0.4) is 0 Å². The molecule has 0 aliphatic rings. The predicted octanol–water partition coefficient (Wildman–Crippen LogP) is 3.24. The molecule has 0 aliphatic heterocycles. The Morgan fingerprint density at radius 3 is 2.55 bits per heavy atom. The fourth-order valence-corrected chi connectivity index (χ4v) is 2.94. The van der Waals surface area contributed by atoms with Gasteiger partial charge in [-0.05, 0) is 43.7 Å². The van der Waals surface area contributed by atoms with Crippen molar-refractivity contribution in [3.05, 3.63) is 64.5 Å². The molecule has 0 aliphatic carbocycles. The molecule has 1 heterocycles. The number of carbonyl (C=O) groups is 3. The van der Waals surface area contributed by atoms with Crippen LogP contribution in [0, 0.1) is 13.8 Å². The maximum atomic E-state index is 12.0. The van der Waals surface area contributed by atoms with E-state index in [1.165, 1.54) is 0 Å². The summed E-state index contributed by atoms with van der Waals surface area (Å²) in [6.45, 7) is 2.98. The molecule has 0 unspecified atom stereocenters. The van der Waals surface area contributed by atoms with Gasteiger partial charge in [0, 0.05) is 22.7 Å². The number of hydrogen-bond acceptors (Lipinski definition) is 7. The summed E-state index contributed by atoms with van der Waals surface area (Å²) in [6, 6.07) is 12.7. The molecule has 0 fully saturated rings. The minimum Gasteiger partial charge on any atom is -0.456 e. The van der Waals surface area contributed by atoms with Crippen molar-refractivity contribution in [2.45, 2.75) is 26.7 Å². The summed E-state index contributed by atoms with van der Waals surface area (Å²) >= 11 is 6.01. The molecule has 1 aromatic heterocycles. The molecule has 0 atom stereocenters. The second kappa shape index (κ2) is 11.2. The summed E-state index contributed by atoms with van der Waals surface area (Å²) in [6.07, 6.45) is 0.151. The van der Waals surface area contributed by atoms with Crippen LogP contribution in [0.1, 0.15) is 23.4 Å². The third kappa shape index (κ3) is 7.15. The molecular weight excluding hydrogens is 448 g/mol. The third-order valence-electron chi connectivity index (χ3n) is 4.66. The molecule has 3 aromatic rings. The highest BCUT2D eigenvalue weighted by atomic mass is 35.5. The lowest BCUT2D eigenvalue weighted by Crippen LogP contribution is -2.35. The highest BCUT2D eigenvalue weighted by Gasteiger charge is 2.13. The molecule has 3 rings (SSSR count). The molecule has 0 saturated heterocycles. The van der Waals surface area contributed by atoms with Crippen molar-refractivity contribution in [2.24, 2.45) is 0 Å². The summed E-state index contributed by atoms with van der Waals surface area (Å²) in [5.74, 6) is -0.968. The van der Waals surface area contributed by atoms with E-state index in [1.54, 1.807) is 25.1 Å². The van der Waals surface area contributed by atoms with Crippen molar-refractivity contribution in [3.8, 4) is 11.5 Å². The lowest BCUT2D eigenvalue weighted by molar-refractivity contribution is -0.148. The van der Waals surface area contributed by atoms with E-state index < -0.39 is 24.4 Å². The number of halogens is 1. The standard InChI is InChI=1S/C23H23ClN4O5/c1-14-6-8-16(9-7-14)23-28-27-21(33-23)10-11-22(31)32-13-20(30)25-12-19(29)26-18-5-3-4-17(24)15(18)2/h3-9H,10-13H2,1-2H3,(H,25,30)(H,26,29). The van der Waals surface area contributed by atoms with Crippen molar-refractivity contribution in [3.63, 3.8) is 0 Å². The lowest BCUT2D eigenvalue weighted by atomic mass is 10.1. The van der Waals surface area contributed by atoms with E-state index in [1.807, 2.05) is 31.2 Å². The quantitative estimate of drug-likeness (QED) is 0.460. The van der Waals surface area contributed by atoms with Gasteiger partial charge in [0.2, 0.25) is 17.7 Å². The zero-order valence-electron chi connectivity index (χ0n) is 18.2. The zero-order chi connectivity index (χ0) is 23.8. The first-order valence-corrected chi connectivity index (χ1v) is 10.6. The van der Waals surface area contributed by atoms with Crippen molar-refractivity contribution < 1.29 is 23.5 Å². The minimum atomic E-state index is -0.598. The van der Waals surface area contributed by atoms with E-state index >= 15 is 0 Å². The van der Waals surface area contributed by atoms with Gasteiger partial charge in [-0.3, -0.25) is 14.4 Å². The van der Waals surface area contributed by atoms with Crippen LogP contribution in [0.2, 0.25) is 5.02 Å². The van der Waals surface area contributed by atoms with Gasteiger partial charge in [0.15, 0.2) is 6.61 Å². The summed E-state index contributed by atoms with van der Waals surface area (Å²) in [4.78, 5) is 35.8. The van der Waals surface area contributed by atoms with Gasteiger partial charge in [0.1, 0.15) is 0 Å². The fourth-order valence-electron chi connectivity index (χ4n) is 2.76. The summed E-state index contributed by atoms with van der Waals surface area (Å²) in [5.41, 5.74) is 3.18. The molecule has 33 heavy (non-hydrogen) atoms. The molecule has 2 N–H and O–H groups in total. The zero-order valence-corrected chi connectivity index (χ0v) is 18.9. The van der Waals surface area contributed by atoms with Crippen molar-refractivity contribution in [1.29, 1.82) is 0 Å². The second-order valence-corrected chi connectivity index (χ2v) is 7.67. The monoisotopic (exact) mass is 470 g/mol. The number of benzene rings is 2. The Morgan fingerprint density at radius 2 is 1.79 bits per heavy atom. The summed E-state index contributed by atoms with van der Waals surface area (Å²) < 4.78 is 10.5. The molecule has 0 bridgehead atoms. The average Bonchev–Trinajstić information content (AvgIpc) is 3.27. The highest BCUT2D eigenvalue weighted by Crippen LogP contribution is 2.22. The van der Waals surface area contributed by atoms with Crippen LogP contribution in [0.25, 0.3) is 11.5 Å². The van der Waals surface area contributed by atoms with Crippen LogP contribution in [0.4, 0.5) is 5.69 Å². The number of aryl methyl sites for hydroxylation is 2. The van der Waals surface area contributed by atoms with Crippen molar-refractivity contribution in [2.75, 3.05) is 18.5 Å². The predicted molar refractivity (Wildman–Crippen MR) is 122 cm³/mol. The van der Waals surface area contributed by atoms with Crippen LogP contribution in [-0.4, -0.2) is 41.1 Å². The van der Waals surface area contributed by atoms with Gasteiger partial charge in [-0.1, -0.05) is 35.4 Å². The largest absolute Gasteiger partial charge is 0.456 e. The van der Waals surface area contributed by atoms with Gasteiger partial charge >= 0.3 is 5.97 Å². The first-order valence-electron chi connectivity index (χ1n) is 10.2. The molecule has 2 aromatic carbocycles. The number of hydrogen-bond donors (Lipinski definition) is 2. The van der Waals surface area contributed by atoms with Gasteiger partial charge in [-0.25, -0.2) is 0 Å². The van der Waals surface area contributed by atoms with E-state index in [0.29, 0.717) is 22.5 Å². The molecule has 0 saturated carbocycles. The SMILES string of the molecule is Cc1ccc(-c2nnc(CCC(=O)OCC(=O)NCC(=O)Nc3cccc(Cl)c3C)o2)cc1. The van der Waals surface area contributed by atoms with E-state index in [-0.39, 0.29) is 19.4 Å². The Bertz CT molecular complexity index is 1140. The Kier molecular flexibility index (Phi) is 8.15. The summed E-state index contributed by atoms with van der Waals surface area (Å²) in [5, 5.41) is 13.5. The van der Waals surface area contributed by atoms with Crippen molar-refractivity contribution >= 4 is 35.1 Å². The number of anilines is 1. The maximum Gasteiger partial charge on any atom is 0.306 e. The molecule has 10 heteroatoms. The number of aromatic nitrogens is 2. The minimum absolute atomic E-state index is 0.0304. The van der Waals surface area contributed by atoms with Gasteiger partial charge < -0.3 is 19.8 Å². The Hall–Kier alpha value is -3.72. The van der Waals surface area contributed by atoms with Crippen LogP contribution in [0.15, 0.2) is 46.9 Å². The molecule has 0 radical (unpaired) electrons. The van der Waals surface area contributed by atoms with Gasteiger partial charge in [0.05, 0.1) is 13.0 Å². The fraction of sp³-hybridized carbons (Fsp3) is 0.261. The van der Waals surface area contributed by atoms with E-state index in [9.17, 15) is 14.4 Å². The topological polar surface area (TPSA) is 123 Å². The van der Waals surface area contributed by atoms with Gasteiger partial charge in [0.25, 0.3) is 5.91 Å². The molecular formula is C23H23ClN4O5. The Labute approximate surface area is 195 Å². The normalized spacial score (nSPS) is 10.5. The van der Waals surface area contributed by atoms with Gasteiger partial charge in [-0.2, -0.15) is 0 Å². The van der Waals surface area contributed by atoms with Crippen LogP contribution in [-0.2, 0) is 25.5 Å². The van der Waals surface area contributed by atoms with E-state index in [0.717, 1.165) is 16.7 Å². The first-order chi connectivity index (χ1) is 15.8. The van der Waals surface area contributed by atoms with Crippen LogP contribution >= 0.6 is 11.6 Å². The molecule has 0 spiro atoms. The van der Waals surface area contributed by atoms with Crippen LogP contribution < -0.4 is 10.6 Å². The maximum absolute atomic E-state index is 12.0. The average molecular weight is 471 g/mol. The number of amides is 2. The van der Waals surface area contributed by atoms with E-state index in [4.69, 9.17) is 20.8 Å². The smallest absolute Gasteiger partial charge is 0.306 e. The summed E-state index contributed by atoms with van der Waals surface area (Å²) in [7, 11) is 0. The Balaban J connectivity index is 1.36. The number of ether oxygens (including phenoxy) is 1. The van der Waals surface area contributed by atoms with Gasteiger partial charge in [-0.15, -0.1) is 10.2 Å². The number of rotatable bonds is 9. The highest BCUT2D eigenvalue weighted by molar-refractivity contribution is 6.31. The molecule has 172 valence electrons. The molecule has 9 nitrogen and oxygen atoms in total. The van der Waals surface area contributed by atoms with Crippen molar-refractivity contribution in [1.82, 2.24) is 15.5 Å². The first kappa shape index (κ1) is 23.9. The van der Waals surface area contributed by atoms with Crippen LogP contribution in [0.5, 0.6) is 0 Å². The molecule has 2 amide bonds. The number of nitrogens with zero attached hydrogens (tertiary/aromatic N) is 2. The Morgan fingerprint density at radius 1 is 1.03 bits per heavy atom. The third-order valence-corrected chi connectivity index (χ3v) is 5.07. The number of nitrogens with one attached hydrogen (secondary N) is 2. The lowest BCUT2D eigenvalue weighted by Gasteiger charge is -2.10.